The molecule has 0 aliphatic rings. The molecule has 0 fully saturated rings. The summed E-state index contributed by atoms with van der Waals surface area (Å²) in [6.45, 7) is 1.76. The lowest BCUT2D eigenvalue weighted by Gasteiger charge is -2.10. The van der Waals surface area contributed by atoms with Crippen LogP contribution in [0.5, 0.6) is 0 Å². The monoisotopic (exact) mass is 284 g/mol. The molecule has 0 saturated heterocycles. The van der Waals surface area contributed by atoms with Gasteiger partial charge >= 0.3 is 0 Å². The van der Waals surface area contributed by atoms with Crippen molar-refractivity contribution in [2.45, 2.75) is 25.0 Å². The average molecular weight is 284 g/mol. The molecule has 1 N–H and O–H groups in total. The lowest BCUT2D eigenvalue weighted by molar-refractivity contribution is 0.584. The van der Waals surface area contributed by atoms with Crippen molar-refractivity contribution in [3.63, 3.8) is 0 Å². The molecule has 0 aliphatic carbocycles. The summed E-state index contributed by atoms with van der Waals surface area (Å²) in [5, 5.41) is 8.07. The van der Waals surface area contributed by atoms with Crippen molar-refractivity contribution in [3.8, 4) is 0 Å². The van der Waals surface area contributed by atoms with Gasteiger partial charge in [0, 0.05) is 11.1 Å². The number of hydrogen-bond donors (Lipinski definition) is 1. The number of H-pyrrole nitrogens is 1. The standard InChI is InChI=1S/C12H16N2O2S2/c1-10(12-5-2-6-17-12)18(15,16)7-3-4-11-8-13-14-9-11/h2,5-6,8-10H,3-4,7H2,1H3,(H,13,14)/t10-/m0/s1. The molecule has 0 bridgehead atoms. The van der Waals surface area contributed by atoms with Gasteiger partial charge in [-0.2, -0.15) is 5.10 Å². The van der Waals surface area contributed by atoms with E-state index in [2.05, 4.69) is 10.2 Å². The minimum absolute atomic E-state index is 0.219. The van der Waals surface area contributed by atoms with Gasteiger partial charge in [0.25, 0.3) is 0 Å². The van der Waals surface area contributed by atoms with Crippen LogP contribution in [0, 0.1) is 0 Å². The van der Waals surface area contributed by atoms with Gasteiger partial charge in [-0.1, -0.05) is 6.07 Å². The molecule has 0 aliphatic heterocycles. The predicted molar refractivity (Wildman–Crippen MR) is 73.4 cm³/mol. The summed E-state index contributed by atoms with van der Waals surface area (Å²) in [6.07, 6.45) is 4.91. The van der Waals surface area contributed by atoms with Gasteiger partial charge in [0.15, 0.2) is 9.84 Å². The van der Waals surface area contributed by atoms with E-state index in [0.29, 0.717) is 6.42 Å². The van der Waals surface area contributed by atoms with Gasteiger partial charge in [-0.05, 0) is 36.8 Å². The zero-order valence-corrected chi connectivity index (χ0v) is 11.8. The molecule has 0 saturated carbocycles. The van der Waals surface area contributed by atoms with Crippen LogP contribution < -0.4 is 0 Å². The van der Waals surface area contributed by atoms with Gasteiger partial charge in [0.05, 0.1) is 17.2 Å². The van der Waals surface area contributed by atoms with E-state index in [1.807, 2.05) is 17.5 Å². The molecular weight excluding hydrogens is 268 g/mol. The summed E-state index contributed by atoms with van der Waals surface area (Å²) < 4.78 is 24.3. The topological polar surface area (TPSA) is 62.8 Å². The fraction of sp³-hybridized carbons (Fsp3) is 0.417. The van der Waals surface area contributed by atoms with E-state index in [-0.39, 0.29) is 5.75 Å². The molecular formula is C12H16N2O2S2. The molecule has 6 heteroatoms. The molecule has 4 nitrogen and oxygen atoms in total. The number of thiophene rings is 1. The average Bonchev–Trinajstić information content (AvgIpc) is 3.00. The Morgan fingerprint density at radius 2 is 2.33 bits per heavy atom. The van der Waals surface area contributed by atoms with E-state index >= 15 is 0 Å². The normalized spacial score (nSPS) is 13.6. The van der Waals surface area contributed by atoms with Crippen LogP contribution in [0.15, 0.2) is 29.9 Å². The number of aryl methyl sites for hydroxylation is 1. The summed E-state index contributed by atoms with van der Waals surface area (Å²) in [7, 11) is -3.06. The van der Waals surface area contributed by atoms with Crippen LogP contribution in [0.1, 0.15) is 29.0 Å². The molecule has 0 unspecified atom stereocenters. The number of nitrogens with one attached hydrogen (secondary N) is 1. The predicted octanol–water partition coefficient (Wildman–Crippen LogP) is 2.58. The molecule has 2 heterocycles. The van der Waals surface area contributed by atoms with Crippen LogP contribution in [0.3, 0.4) is 0 Å². The second kappa shape index (κ2) is 5.67. The second-order valence-corrected chi connectivity index (χ2v) is 7.66. The van der Waals surface area contributed by atoms with Crippen molar-refractivity contribution in [2.24, 2.45) is 0 Å². The van der Waals surface area contributed by atoms with Crippen LogP contribution in [-0.2, 0) is 16.3 Å². The smallest absolute Gasteiger partial charge is 0.157 e. The number of sulfone groups is 1. The number of nitrogens with zero attached hydrogens (tertiary/aromatic N) is 1. The summed E-state index contributed by atoms with van der Waals surface area (Å²) in [5.74, 6) is 0.219. The molecule has 18 heavy (non-hydrogen) atoms. The Hall–Kier alpha value is -1.14. The van der Waals surface area contributed by atoms with Gasteiger partial charge in [-0.15, -0.1) is 11.3 Å². The van der Waals surface area contributed by atoms with E-state index in [4.69, 9.17) is 0 Å². The summed E-state index contributed by atoms with van der Waals surface area (Å²) in [6, 6.07) is 3.76. The third kappa shape index (κ3) is 3.20. The summed E-state index contributed by atoms with van der Waals surface area (Å²) >= 11 is 1.49. The number of hydrogen-bond acceptors (Lipinski definition) is 4. The first kappa shape index (κ1) is 13.3. The van der Waals surface area contributed by atoms with Crippen LogP contribution in [0.4, 0.5) is 0 Å². The Morgan fingerprint density at radius 1 is 1.50 bits per heavy atom. The lowest BCUT2D eigenvalue weighted by atomic mass is 10.2. The van der Waals surface area contributed by atoms with E-state index in [9.17, 15) is 8.42 Å². The maximum absolute atomic E-state index is 12.1. The van der Waals surface area contributed by atoms with E-state index < -0.39 is 15.1 Å². The van der Waals surface area contributed by atoms with Crippen LogP contribution in [0.2, 0.25) is 0 Å². The highest BCUT2D eigenvalue weighted by molar-refractivity contribution is 7.91. The van der Waals surface area contributed by atoms with Crippen molar-refractivity contribution in [2.75, 3.05) is 5.75 Å². The number of aromatic nitrogens is 2. The molecule has 0 aromatic carbocycles. The van der Waals surface area contributed by atoms with Crippen molar-refractivity contribution in [1.82, 2.24) is 10.2 Å². The third-order valence-electron chi connectivity index (χ3n) is 2.93. The minimum atomic E-state index is -3.06. The van der Waals surface area contributed by atoms with Crippen molar-refractivity contribution < 1.29 is 8.42 Å². The Labute approximate surface area is 111 Å². The number of rotatable bonds is 6. The highest BCUT2D eigenvalue weighted by Gasteiger charge is 2.22. The van der Waals surface area contributed by atoms with Gasteiger partial charge in [-0.3, -0.25) is 5.10 Å². The molecule has 1 atom stereocenters. The zero-order chi connectivity index (χ0) is 13.0. The highest BCUT2D eigenvalue weighted by atomic mass is 32.2. The Bertz CT molecular complexity index is 559. The first-order chi connectivity index (χ1) is 8.59. The fourth-order valence-corrected chi connectivity index (χ4v) is 4.37. The largest absolute Gasteiger partial charge is 0.285 e. The molecule has 0 amide bonds. The molecule has 2 rings (SSSR count). The highest BCUT2D eigenvalue weighted by Crippen LogP contribution is 2.27. The molecule has 0 spiro atoms. The van der Waals surface area contributed by atoms with Crippen LogP contribution in [-0.4, -0.2) is 24.4 Å². The fourth-order valence-electron chi connectivity index (χ4n) is 1.77. The van der Waals surface area contributed by atoms with Crippen molar-refractivity contribution >= 4 is 21.2 Å². The molecule has 0 radical (unpaired) electrons. The van der Waals surface area contributed by atoms with E-state index in [1.54, 1.807) is 19.3 Å². The van der Waals surface area contributed by atoms with E-state index in [0.717, 1.165) is 16.9 Å². The molecule has 2 aromatic heterocycles. The molecule has 2 aromatic rings. The Kier molecular flexibility index (Phi) is 4.19. The summed E-state index contributed by atoms with van der Waals surface area (Å²) in [5.41, 5.74) is 1.05. The van der Waals surface area contributed by atoms with Crippen molar-refractivity contribution in [1.29, 1.82) is 0 Å². The van der Waals surface area contributed by atoms with Gasteiger partial charge < -0.3 is 0 Å². The third-order valence-corrected chi connectivity index (χ3v) is 6.32. The van der Waals surface area contributed by atoms with Gasteiger partial charge in [-0.25, -0.2) is 8.42 Å². The maximum Gasteiger partial charge on any atom is 0.157 e. The Balaban J connectivity index is 1.91. The van der Waals surface area contributed by atoms with E-state index in [1.165, 1.54) is 11.3 Å². The first-order valence-corrected chi connectivity index (χ1v) is 8.42. The SMILES string of the molecule is C[C@@H](c1cccs1)S(=O)(=O)CCCc1cn[nH]c1. The first-order valence-electron chi connectivity index (χ1n) is 5.82. The van der Waals surface area contributed by atoms with Crippen molar-refractivity contribution in [3.05, 3.63) is 40.3 Å². The quantitative estimate of drug-likeness (QED) is 0.886. The van der Waals surface area contributed by atoms with Gasteiger partial charge in [0.2, 0.25) is 0 Å². The molecule has 98 valence electrons. The second-order valence-electron chi connectivity index (χ2n) is 4.23. The zero-order valence-electron chi connectivity index (χ0n) is 10.2. The maximum atomic E-state index is 12.1. The Morgan fingerprint density at radius 3 is 2.94 bits per heavy atom. The van der Waals surface area contributed by atoms with Crippen LogP contribution >= 0.6 is 11.3 Å². The summed E-state index contributed by atoms with van der Waals surface area (Å²) in [4.78, 5) is 0.915. The minimum Gasteiger partial charge on any atom is -0.285 e. The van der Waals surface area contributed by atoms with Gasteiger partial charge in [0.1, 0.15) is 0 Å². The van der Waals surface area contributed by atoms with Crippen LogP contribution in [0.25, 0.3) is 0 Å². The lowest BCUT2D eigenvalue weighted by Crippen LogP contribution is -2.14. The number of aromatic amines is 1.